The monoisotopic (exact) mass is 426 g/mol. The summed E-state index contributed by atoms with van der Waals surface area (Å²) in [6.07, 6.45) is 3.52. The van der Waals surface area contributed by atoms with Crippen LogP contribution in [-0.4, -0.2) is 16.5 Å². The molecule has 162 valence electrons. The van der Waals surface area contributed by atoms with E-state index in [1.807, 2.05) is 60.7 Å². The van der Waals surface area contributed by atoms with Crippen molar-refractivity contribution in [3.8, 4) is 22.4 Å². The van der Waals surface area contributed by atoms with Gasteiger partial charge in [-0.25, -0.2) is 9.37 Å². The second-order valence-electron chi connectivity index (χ2n) is 7.95. The van der Waals surface area contributed by atoms with Gasteiger partial charge in [0, 0.05) is 36.1 Å². The predicted molar refractivity (Wildman–Crippen MR) is 129 cm³/mol. The highest BCUT2D eigenvalue weighted by Crippen LogP contribution is 2.32. The SMILES string of the molecule is C[C@H](CNc1ccc(-c2ccc(CF)cc2)c(-c2ccncc2)n1)[C@H](N)c1ccccc1. The molecule has 4 aromatic rings. The largest absolute Gasteiger partial charge is 0.370 e. The predicted octanol–water partition coefficient (Wildman–Crippen LogP) is 6.03. The van der Waals surface area contributed by atoms with E-state index in [0.29, 0.717) is 12.1 Å². The number of nitrogens with zero attached hydrogens (tertiary/aromatic N) is 2. The van der Waals surface area contributed by atoms with Crippen LogP contribution < -0.4 is 11.1 Å². The number of aromatic nitrogens is 2. The molecule has 0 unspecified atom stereocenters. The van der Waals surface area contributed by atoms with Gasteiger partial charge >= 0.3 is 0 Å². The molecule has 0 aliphatic heterocycles. The number of nitrogens with two attached hydrogens (primary N) is 1. The van der Waals surface area contributed by atoms with Crippen molar-refractivity contribution in [1.29, 1.82) is 0 Å². The Bertz CT molecular complexity index is 1130. The van der Waals surface area contributed by atoms with Crippen LogP contribution in [0.15, 0.2) is 91.3 Å². The quantitative estimate of drug-likeness (QED) is 0.361. The number of benzene rings is 2. The average Bonchev–Trinajstić information content (AvgIpc) is 2.87. The summed E-state index contributed by atoms with van der Waals surface area (Å²) in [6, 6.07) is 25.5. The van der Waals surface area contributed by atoms with Gasteiger partial charge in [0.2, 0.25) is 0 Å². The van der Waals surface area contributed by atoms with Crippen molar-refractivity contribution in [3.63, 3.8) is 0 Å². The second kappa shape index (κ2) is 10.2. The highest BCUT2D eigenvalue weighted by molar-refractivity contribution is 5.81. The molecular formula is C27H27FN4. The minimum absolute atomic E-state index is 0.0586. The van der Waals surface area contributed by atoms with E-state index in [0.717, 1.165) is 33.8 Å². The maximum absolute atomic E-state index is 12.9. The fraction of sp³-hybridized carbons (Fsp3) is 0.185. The Morgan fingerprint density at radius 1 is 0.875 bits per heavy atom. The molecule has 2 aromatic heterocycles. The maximum atomic E-state index is 12.9. The molecule has 4 nitrogen and oxygen atoms in total. The number of alkyl halides is 1. The third-order valence-electron chi connectivity index (χ3n) is 5.67. The van der Waals surface area contributed by atoms with E-state index in [4.69, 9.17) is 10.7 Å². The van der Waals surface area contributed by atoms with Gasteiger partial charge in [0.05, 0.1) is 5.69 Å². The Hall–Kier alpha value is -3.57. The summed E-state index contributed by atoms with van der Waals surface area (Å²) in [5.74, 6) is 1.00. The first-order chi connectivity index (χ1) is 15.7. The molecule has 2 aromatic carbocycles. The van der Waals surface area contributed by atoms with E-state index in [9.17, 15) is 4.39 Å². The Morgan fingerprint density at radius 3 is 2.28 bits per heavy atom. The summed E-state index contributed by atoms with van der Waals surface area (Å²) in [4.78, 5) is 9.04. The molecule has 0 aliphatic rings. The normalized spacial score (nSPS) is 12.8. The third-order valence-corrected chi connectivity index (χ3v) is 5.67. The van der Waals surface area contributed by atoms with Crippen LogP contribution in [0.2, 0.25) is 0 Å². The van der Waals surface area contributed by atoms with Gasteiger partial charge in [-0.3, -0.25) is 4.98 Å². The van der Waals surface area contributed by atoms with Crippen LogP contribution in [0.3, 0.4) is 0 Å². The molecule has 3 N–H and O–H groups in total. The van der Waals surface area contributed by atoms with E-state index in [1.165, 1.54) is 0 Å². The zero-order valence-electron chi connectivity index (χ0n) is 18.1. The highest BCUT2D eigenvalue weighted by atomic mass is 19.1. The van der Waals surface area contributed by atoms with Gasteiger partial charge in [0.1, 0.15) is 12.5 Å². The topological polar surface area (TPSA) is 63.8 Å². The summed E-state index contributed by atoms with van der Waals surface area (Å²) < 4.78 is 12.9. The third kappa shape index (κ3) is 5.01. The molecule has 0 radical (unpaired) electrons. The molecule has 2 atom stereocenters. The molecule has 0 saturated heterocycles. The Balaban J connectivity index is 1.58. The lowest BCUT2D eigenvalue weighted by Crippen LogP contribution is -2.25. The second-order valence-corrected chi connectivity index (χ2v) is 7.95. The summed E-state index contributed by atoms with van der Waals surface area (Å²) in [5.41, 5.74) is 12.0. The van der Waals surface area contributed by atoms with E-state index < -0.39 is 6.67 Å². The van der Waals surface area contributed by atoms with E-state index in [2.05, 4.69) is 35.4 Å². The lowest BCUT2D eigenvalue weighted by Gasteiger charge is -2.21. The molecule has 0 spiro atoms. The van der Waals surface area contributed by atoms with Gasteiger partial charge in [-0.1, -0.05) is 61.5 Å². The van der Waals surface area contributed by atoms with Gasteiger partial charge < -0.3 is 11.1 Å². The first-order valence-corrected chi connectivity index (χ1v) is 10.8. The molecule has 0 fully saturated rings. The van der Waals surface area contributed by atoms with Gasteiger partial charge in [-0.15, -0.1) is 0 Å². The minimum atomic E-state index is -0.470. The van der Waals surface area contributed by atoms with Crippen LogP contribution in [0.4, 0.5) is 10.2 Å². The fourth-order valence-corrected chi connectivity index (χ4v) is 3.69. The average molecular weight is 427 g/mol. The highest BCUT2D eigenvalue weighted by Gasteiger charge is 2.16. The number of hydrogen-bond acceptors (Lipinski definition) is 4. The van der Waals surface area contributed by atoms with Crippen LogP contribution in [-0.2, 0) is 6.67 Å². The van der Waals surface area contributed by atoms with Crippen molar-refractivity contribution in [2.75, 3.05) is 11.9 Å². The summed E-state index contributed by atoms with van der Waals surface area (Å²) >= 11 is 0. The molecule has 0 saturated carbocycles. The molecule has 2 heterocycles. The van der Waals surface area contributed by atoms with Gasteiger partial charge in [0.25, 0.3) is 0 Å². The summed E-state index contributed by atoms with van der Waals surface area (Å²) in [7, 11) is 0. The van der Waals surface area contributed by atoms with Crippen molar-refractivity contribution in [3.05, 3.63) is 102 Å². The number of pyridine rings is 2. The number of hydrogen-bond donors (Lipinski definition) is 2. The number of rotatable bonds is 8. The minimum Gasteiger partial charge on any atom is -0.370 e. The van der Waals surface area contributed by atoms with E-state index in [-0.39, 0.29) is 12.0 Å². The summed E-state index contributed by atoms with van der Waals surface area (Å²) in [5, 5.41) is 3.45. The van der Waals surface area contributed by atoms with Crippen molar-refractivity contribution >= 4 is 5.82 Å². The smallest absolute Gasteiger partial charge is 0.126 e. The van der Waals surface area contributed by atoms with Gasteiger partial charge in [-0.05, 0) is 46.9 Å². The van der Waals surface area contributed by atoms with Crippen LogP contribution >= 0.6 is 0 Å². The number of nitrogens with one attached hydrogen (secondary N) is 1. The molecule has 5 heteroatoms. The maximum Gasteiger partial charge on any atom is 0.126 e. The molecule has 32 heavy (non-hydrogen) atoms. The van der Waals surface area contributed by atoms with Crippen LogP contribution in [0, 0.1) is 5.92 Å². The van der Waals surface area contributed by atoms with Crippen molar-refractivity contribution < 1.29 is 4.39 Å². The van der Waals surface area contributed by atoms with Crippen molar-refractivity contribution in [2.24, 2.45) is 11.7 Å². The van der Waals surface area contributed by atoms with E-state index >= 15 is 0 Å². The van der Waals surface area contributed by atoms with Crippen molar-refractivity contribution in [2.45, 2.75) is 19.6 Å². The molecule has 4 rings (SSSR count). The lowest BCUT2D eigenvalue weighted by molar-refractivity contribution is 0.485. The number of halogens is 1. The Labute approximate surface area is 188 Å². The van der Waals surface area contributed by atoms with Gasteiger partial charge in [-0.2, -0.15) is 0 Å². The lowest BCUT2D eigenvalue weighted by atomic mass is 9.95. The van der Waals surface area contributed by atoms with E-state index in [1.54, 1.807) is 12.4 Å². The fourth-order valence-electron chi connectivity index (χ4n) is 3.69. The van der Waals surface area contributed by atoms with Gasteiger partial charge in [0.15, 0.2) is 0 Å². The zero-order chi connectivity index (χ0) is 22.3. The standard InChI is InChI=1S/C27H27FN4/c1-19(26(29)22-5-3-2-4-6-22)18-31-25-12-11-24(21-9-7-20(17-28)8-10-21)27(32-25)23-13-15-30-16-14-23/h2-16,19,26H,17-18,29H2,1H3,(H,31,32)/t19-,26+/m1/s1. The van der Waals surface area contributed by atoms with Crippen molar-refractivity contribution in [1.82, 2.24) is 9.97 Å². The zero-order valence-corrected chi connectivity index (χ0v) is 18.1. The molecule has 0 bridgehead atoms. The first-order valence-electron chi connectivity index (χ1n) is 10.8. The molecule has 0 aliphatic carbocycles. The molecular weight excluding hydrogens is 399 g/mol. The summed E-state index contributed by atoms with van der Waals surface area (Å²) in [6.45, 7) is 2.36. The van der Waals surface area contributed by atoms with Crippen LogP contribution in [0.5, 0.6) is 0 Å². The molecule has 0 amide bonds. The first kappa shape index (κ1) is 21.7. The number of anilines is 1. The van der Waals surface area contributed by atoms with Crippen LogP contribution in [0.25, 0.3) is 22.4 Å². The van der Waals surface area contributed by atoms with Crippen LogP contribution in [0.1, 0.15) is 24.1 Å². The Kier molecular flexibility index (Phi) is 6.87. The Morgan fingerprint density at radius 2 is 1.59 bits per heavy atom.